The molecule has 1 fully saturated rings. The van der Waals surface area contributed by atoms with Crippen molar-refractivity contribution in [3.05, 3.63) is 0 Å². The molecule has 0 aromatic carbocycles. The van der Waals surface area contributed by atoms with Crippen LogP contribution in [0.25, 0.3) is 0 Å². The first-order chi connectivity index (χ1) is 9.40. The molecule has 2 atom stereocenters. The molecule has 7 heteroatoms. The molecule has 0 aliphatic carbocycles. The van der Waals surface area contributed by atoms with Gasteiger partial charge in [-0.15, -0.1) is 0 Å². The van der Waals surface area contributed by atoms with Crippen molar-refractivity contribution in [2.45, 2.75) is 38.8 Å². The number of hydrogen-bond donors (Lipinski definition) is 4. The number of hydrogen-bond acceptors (Lipinski definition) is 4. The van der Waals surface area contributed by atoms with Crippen LogP contribution in [-0.4, -0.2) is 65.4 Å². The Labute approximate surface area is 119 Å². The van der Waals surface area contributed by atoms with Crippen molar-refractivity contribution in [1.29, 1.82) is 0 Å². The lowest BCUT2D eigenvalue weighted by atomic mass is 10.1. The summed E-state index contributed by atoms with van der Waals surface area (Å²) in [5.74, 6) is -0.806. The Balaban J connectivity index is 2.10. The average Bonchev–Trinajstić information content (AvgIpc) is 2.85. The van der Waals surface area contributed by atoms with E-state index in [1.54, 1.807) is 0 Å². The lowest BCUT2D eigenvalue weighted by Gasteiger charge is -2.20. The van der Waals surface area contributed by atoms with Crippen molar-refractivity contribution >= 4 is 12.0 Å². The molecule has 7 nitrogen and oxygen atoms in total. The minimum absolute atomic E-state index is 0.00725. The summed E-state index contributed by atoms with van der Waals surface area (Å²) in [4.78, 5) is 24.3. The lowest BCUT2D eigenvalue weighted by Crippen LogP contribution is -2.40. The molecular formula is C13H25N3O4. The van der Waals surface area contributed by atoms with Crippen LogP contribution in [0.15, 0.2) is 0 Å². The summed E-state index contributed by atoms with van der Waals surface area (Å²) in [5.41, 5.74) is 0. The Hall–Kier alpha value is -1.34. The third-order valence-electron chi connectivity index (χ3n) is 3.59. The molecule has 4 N–H and O–H groups in total. The number of aliphatic carboxylic acids is 1. The van der Waals surface area contributed by atoms with Gasteiger partial charge in [-0.2, -0.15) is 0 Å². The number of likely N-dealkylation sites (tertiary alicyclic amines) is 1. The summed E-state index contributed by atoms with van der Waals surface area (Å²) in [7, 11) is 0. The molecule has 0 aromatic rings. The van der Waals surface area contributed by atoms with Crippen molar-refractivity contribution in [1.82, 2.24) is 15.5 Å². The average molecular weight is 287 g/mol. The molecule has 116 valence electrons. The first-order valence-corrected chi connectivity index (χ1v) is 7.06. The molecule has 2 amide bonds. The Kier molecular flexibility index (Phi) is 6.74. The number of amides is 2. The van der Waals surface area contributed by atoms with E-state index in [9.17, 15) is 9.59 Å². The SMILES string of the molecule is CC(C)N1CCC(CNC(=O)NCCC(O)C(=O)O)C1. The van der Waals surface area contributed by atoms with E-state index in [2.05, 4.69) is 29.4 Å². The molecule has 1 rings (SSSR count). The number of rotatable bonds is 7. The fourth-order valence-electron chi connectivity index (χ4n) is 2.24. The second-order valence-electron chi connectivity index (χ2n) is 5.52. The molecule has 1 saturated heterocycles. The Morgan fingerprint density at radius 1 is 1.35 bits per heavy atom. The maximum atomic E-state index is 11.5. The van der Waals surface area contributed by atoms with Crippen LogP contribution >= 0.6 is 0 Å². The van der Waals surface area contributed by atoms with Crippen molar-refractivity contribution in [2.24, 2.45) is 5.92 Å². The molecule has 2 unspecified atom stereocenters. The quantitative estimate of drug-likeness (QED) is 0.522. The number of urea groups is 1. The zero-order chi connectivity index (χ0) is 15.1. The fourth-order valence-corrected chi connectivity index (χ4v) is 2.24. The second-order valence-corrected chi connectivity index (χ2v) is 5.52. The summed E-state index contributed by atoms with van der Waals surface area (Å²) in [6, 6.07) is 0.219. The van der Waals surface area contributed by atoms with Crippen LogP contribution in [0, 0.1) is 5.92 Å². The number of carboxylic acid groups (broad SMARTS) is 1. The largest absolute Gasteiger partial charge is 0.479 e. The minimum atomic E-state index is -1.43. The molecule has 20 heavy (non-hydrogen) atoms. The van der Waals surface area contributed by atoms with Crippen molar-refractivity contribution in [2.75, 3.05) is 26.2 Å². The van der Waals surface area contributed by atoms with Crippen LogP contribution in [0.3, 0.4) is 0 Å². The maximum absolute atomic E-state index is 11.5. The zero-order valence-electron chi connectivity index (χ0n) is 12.1. The smallest absolute Gasteiger partial charge is 0.332 e. The highest BCUT2D eigenvalue weighted by atomic mass is 16.4. The van der Waals surface area contributed by atoms with Crippen molar-refractivity contribution in [3.63, 3.8) is 0 Å². The Morgan fingerprint density at radius 2 is 2.05 bits per heavy atom. The second kappa shape index (κ2) is 8.06. The number of nitrogens with zero attached hydrogens (tertiary/aromatic N) is 1. The van der Waals surface area contributed by atoms with E-state index >= 15 is 0 Å². The van der Waals surface area contributed by atoms with E-state index in [4.69, 9.17) is 10.2 Å². The molecule has 0 spiro atoms. The van der Waals surface area contributed by atoms with Gasteiger partial charge in [-0.25, -0.2) is 9.59 Å². The summed E-state index contributed by atoms with van der Waals surface area (Å²) in [6.07, 6.45) is -0.339. The van der Waals surface area contributed by atoms with Crippen LogP contribution in [0.2, 0.25) is 0 Å². The van der Waals surface area contributed by atoms with Gasteiger partial charge in [0.2, 0.25) is 0 Å². The van der Waals surface area contributed by atoms with Crippen LogP contribution < -0.4 is 10.6 Å². The predicted octanol–water partition coefficient (Wildman–Crippen LogP) is -0.148. The normalized spacial score (nSPS) is 20.9. The zero-order valence-corrected chi connectivity index (χ0v) is 12.1. The molecule has 0 aromatic heterocycles. The van der Waals surface area contributed by atoms with E-state index < -0.39 is 12.1 Å². The Bertz CT molecular complexity index is 336. The third-order valence-corrected chi connectivity index (χ3v) is 3.59. The van der Waals surface area contributed by atoms with Gasteiger partial charge < -0.3 is 25.7 Å². The standard InChI is InChI=1S/C13H25N3O4/c1-9(2)16-6-4-10(8-16)7-15-13(20)14-5-3-11(17)12(18)19/h9-11,17H,3-8H2,1-2H3,(H,18,19)(H2,14,15,20). The molecule has 0 saturated carbocycles. The number of carboxylic acids is 1. The monoisotopic (exact) mass is 287 g/mol. The highest BCUT2D eigenvalue weighted by molar-refractivity contribution is 5.74. The topological polar surface area (TPSA) is 102 Å². The van der Waals surface area contributed by atoms with Gasteiger partial charge in [0, 0.05) is 32.1 Å². The summed E-state index contributed by atoms with van der Waals surface area (Å²) in [6.45, 7) is 7.15. The first kappa shape index (κ1) is 16.7. The highest BCUT2D eigenvalue weighted by Gasteiger charge is 2.24. The number of carbonyl (C=O) groups excluding carboxylic acids is 1. The molecule has 1 aliphatic heterocycles. The van der Waals surface area contributed by atoms with Gasteiger partial charge in [-0.05, 0) is 32.7 Å². The van der Waals surface area contributed by atoms with Crippen LogP contribution in [0.1, 0.15) is 26.7 Å². The molecule has 1 aliphatic rings. The molecule has 0 bridgehead atoms. The van der Waals surface area contributed by atoms with Crippen LogP contribution in [0.4, 0.5) is 4.79 Å². The van der Waals surface area contributed by atoms with E-state index in [1.807, 2.05) is 0 Å². The van der Waals surface area contributed by atoms with Crippen LogP contribution in [0.5, 0.6) is 0 Å². The predicted molar refractivity (Wildman–Crippen MR) is 74.5 cm³/mol. The van der Waals surface area contributed by atoms with Gasteiger partial charge in [0.25, 0.3) is 0 Å². The number of aliphatic hydroxyl groups excluding tert-OH is 1. The fraction of sp³-hybridized carbons (Fsp3) is 0.846. The third kappa shape index (κ3) is 5.75. The summed E-state index contributed by atoms with van der Waals surface area (Å²) < 4.78 is 0. The minimum Gasteiger partial charge on any atom is -0.479 e. The van der Waals surface area contributed by atoms with Crippen LogP contribution in [-0.2, 0) is 4.79 Å². The Morgan fingerprint density at radius 3 is 2.60 bits per heavy atom. The van der Waals surface area contributed by atoms with Gasteiger partial charge in [0.15, 0.2) is 6.10 Å². The van der Waals surface area contributed by atoms with E-state index in [-0.39, 0.29) is 19.0 Å². The van der Waals surface area contributed by atoms with Gasteiger partial charge in [-0.3, -0.25) is 0 Å². The van der Waals surface area contributed by atoms with E-state index in [0.29, 0.717) is 18.5 Å². The molecular weight excluding hydrogens is 262 g/mol. The maximum Gasteiger partial charge on any atom is 0.332 e. The van der Waals surface area contributed by atoms with Gasteiger partial charge in [0.05, 0.1) is 0 Å². The van der Waals surface area contributed by atoms with Crippen molar-refractivity contribution < 1.29 is 19.8 Å². The van der Waals surface area contributed by atoms with Crippen molar-refractivity contribution in [3.8, 4) is 0 Å². The number of nitrogens with one attached hydrogen (secondary N) is 2. The van der Waals surface area contributed by atoms with Gasteiger partial charge in [0.1, 0.15) is 0 Å². The lowest BCUT2D eigenvalue weighted by molar-refractivity contribution is -0.146. The van der Waals surface area contributed by atoms with E-state index in [1.165, 1.54) is 0 Å². The summed E-state index contributed by atoms with van der Waals surface area (Å²) >= 11 is 0. The summed E-state index contributed by atoms with van der Waals surface area (Å²) in [5, 5.41) is 22.8. The molecule has 1 heterocycles. The van der Waals surface area contributed by atoms with E-state index in [0.717, 1.165) is 19.5 Å². The van der Waals surface area contributed by atoms with Gasteiger partial charge >= 0.3 is 12.0 Å². The van der Waals surface area contributed by atoms with Gasteiger partial charge in [-0.1, -0.05) is 0 Å². The molecule has 0 radical (unpaired) electrons. The number of carbonyl (C=O) groups is 2. The first-order valence-electron chi connectivity index (χ1n) is 7.06. The number of aliphatic hydroxyl groups is 1. The highest BCUT2D eigenvalue weighted by Crippen LogP contribution is 2.17.